The fraction of sp³-hybridized carbons (Fsp3) is 0.367. The molecule has 0 aliphatic rings. The number of ether oxygens (including phenoxy) is 3. The first-order valence-corrected chi connectivity index (χ1v) is 14.2. The summed E-state index contributed by atoms with van der Waals surface area (Å²) in [7, 11) is 0.370. The molecule has 1 atom stereocenters. The molecule has 0 fully saturated rings. The molecule has 0 saturated carbocycles. The normalized spacial score (nSPS) is 12.1. The Morgan fingerprint density at radius 2 is 1.46 bits per heavy atom. The number of rotatable bonds is 12. The fourth-order valence-electron chi connectivity index (χ4n) is 4.47. The van der Waals surface area contributed by atoms with E-state index in [1.807, 2.05) is 44.2 Å². The molecule has 0 aliphatic heterocycles. The summed E-state index contributed by atoms with van der Waals surface area (Å²) in [5, 5.41) is 3.07. The number of nitrogens with zero attached hydrogens (tertiary/aromatic N) is 1. The van der Waals surface area contributed by atoms with E-state index in [-0.39, 0.29) is 16.7 Å². The first-order chi connectivity index (χ1) is 18.5. The molecule has 0 spiro atoms. The molecule has 1 amide bonds. The van der Waals surface area contributed by atoms with Crippen molar-refractivity contribution in [1.82, 2.24) is 5.32 Å². The highest BCUT2D eigenvalue weighted by molar-refractivity contribution is 7.92. The van der Waals surface area contributed by atoms with Crippen LogP contribution in [-0.2, 0) is 14.8 Å². The Kier molecular flexibility index (Phi) is 9.86. The molecule has 3 rings (SSSR count). The van der Waals surface area contributed by atoms with Crippen molar-refractivity contribution in [2.45, 2.75) is 45.1 Å². The van der Waals surface area contributed by atoms with Gasteiger partial charge in [-0.25, -0.2) is 8.42 Å². The zero-order valence-electron chi connectivity index (χ0n) is 23.6. The van der Waals surface area contributed by atoms with E-state index < -0.39 is 22.5 Å². The maximum Gasteiger partial charge on any atom is 0.264 e. The number of anilines is 1. The largest absolute Gasteiger partial charge is 0.497 e. The zero-order valence-corrected chi connectivity index (χ0v) is 24.5. The third-order valence-electron chi connectivity index (χ3n) is 6.29. The molecule has 0 saturated heterocycles. The van der Waals surface area contributed by atoms with E-state index in [2.05, 4.69) is 19.2 Å². The molecular formula is C30H38N2O6S. The number of hydrogen-bond acceptors (Lipinski definition) is 6. The lowest BCUT2D eigenvalue weighted by molar-refractivity contribution is -0.120. The minimum Gasteiger partial charge on any atom is -0.497 e. The topological polar surface area (TPSA) is 94.2 Å². The minimum atomic E-state index is -4.15. The van der Waals surface area contributed by atoms with Crippen molar-refractivity contribution in [3.63, 3.8) is 0 Å². The lowest BCUT2D eigenvalue weighted by Crippen LogP contribution is -2.42. The molecule has 0 aromatic heterocycles. The minimum absolute atomic E-state index is 0.0130. The van der Waals surface area contributed by atoms with Gasteiger partial charge < -0.3 is 19.5 Å². The maximum absolute atomic E-state index is 14.0. The Hall–Kier alpha value is -3.72. The van der Waals surface area contributed by atoms with Crippen LogP contribution in [0.3, 0.4) is 0 Å². The predicted molar refractivity (Wildman–Crippen MR) is 153 cm³/mol. The van der Waals surface area contributed by atoms with Crippen LogP contribution in [0.15, 0.2) is 65.6 Å². The van der Waals surface area contributed by atoms with E-state index in [9.17, 15) is 13.2 Å². The summed E-state index contributed by atoms with van der Waals surface area (Å²) >= 11 is 0. The van der Waals surface area contributed by atoms with E-state index >= 15 is 0 Å². The number of carbonyl (C=O) groups is 1. The molecule has 0 aliphatic carbocycles. The summed E-state index contributed by atoms with van der Waals surface area (Å²) in [5.74, 6) is 1.28. The monoisotopic (exact) mass is 554 g/mol. The van der Waals surface area contributed by atoms with Crippen LogP contribution in [0.4, 0.5) is 5.69 Å². The molecule has 3 aromatic carbocycles. The number of carbonyl (C=O) groups excluding carboxylic acids is 1. The van der Waals surface area contributed by atoms with Gasteiger partial charge in [0, 0.05) is 6.07 Å². The van der Waals surface area contributed by atoms with Crippen LogP contribution < -0.4 is 23.8 Å². The third kappa shape index (κ3) is 7.44. The van der Waals surface area contributed by atoms with E-state index in [1.165, 1.54) is 32.4 Å². The van der Waals surface area contributed by atoms with Crippen molar-refractivity contribution < 1.29 is 27.4 Å². The van der Waals surface area contributed by atoms with Crippen molar-refractivity contribution in [3.8, 4) is 17.2 Å². The van der Waals surface area contributed by atoms with Gasteiger partial charge in [0.1, 0.15) is 12.3 Å². The van der Waals surface area contributed by atoms with Crippen LogP contribution in [-0.4, -0.2) is 42.2 Å². The number of benzene rings is 3. The zero-order chi connectivity index (χ0) is 28.7. The van der Waals surface area contributed by atoms with Crippen molar-refractivity contribution in [1.29, 1.82) is 0 Å². The van der Waals surface area contributed by atoms with Gasteiger partial charge in [0.05, 0.1) is 38.0 Å². The van der Waals surface area contributed by atoms with Crippen LogP contribution >= 0.6 is 0 Å². The lowest BCUT2D eigenvalue weighted by Gasteiger charge is -2.27. The number of methoxy groups -OCH3 is 3. The van der Waals surface area contributed by atoms with Crippen molar-refractivity contribution >= 4 is 21.6 Å². The molecular weight excluding hydrogens is 516 g/mol. The molecule has 210 valence electrons. The van der Waals surface area contributed by atoms with E-state index in [1.54, 1.807) is 19.2 Å². The molecule has 0 bridgehead atoms. The Labute approximate surface area is 231 Å². The molecule has 39 heavy (non-hydrogen) atoms. The van der Waals surface area contributed by atoms with Crippen LogP contribution in [0.1, 0.15) is 43.0 Å². The highest BCUT2D eigenvalue weighted by Crippen LogP contribution is 2.33. The van der Waals surface area contributed by atoms with Crippen molar-refractivity contribution in [2.75, 3.05) is 32.2 Å². The van der Waals surface area contributed by atoms with Gasteiger partial charge in [0.15, 0.2) is 11.5 Å². The number of nitrogens with one attached hydrogen (secondary N) is 1. The van der Waals surface area contributed by atoms with E-state index in [0.29, 0.717) is 23.8 Å². The number of amides is 1. The average Bonchev–Trinajstić information content (AvgIpc) is 2.90. The maximum atomic E-state index is 14.0. The molecule has 1 N–H and O–H groups in total. The molecule has 3 aromatic rings. The highest BCUT2D eigenvalue weighted by atomic mass is 32.2. The summed E-state index contributed by atoms with van der Waals surface area (Å²) < 4.78 is 45.0. The summed E-state index contributed by atoms with van der Waals surface area (Å²) in [6.45, 7) is 7.53. The predicted octanol–water partition coefficient (Wildman–Crippen LogP) is 5.43. The Balaban J connectivity index is 2.00. The number of sulfonamides is 1. The second-order valence-corrected chi connectivity index (χ2v) is 11.8. The lowest BCUT2D eigenvalue weighted by atomic mass is 9.97. The first-order valence-electron chi connectivity index (χ1n) is 12.7. The summed E-state index contributed by atoms with van der Waals surface area (Å²) in [5.41, 5.74) is 3.09. The van der Waals surface area contributed by atoms with Gasteiger partial charge in [-0.15, -0.1) is 0 Å². The van der Waals surface area contributed by atoms with Gasteiger partial charge in [0.25, 0.3) is 10.0 Å². The second kappa shape index (κ2) is 12.9. The Morgan fingerprint density at radius 1 is 0.846 bits per heavy atom. The van der Waals surface area contributed by atoms with Gasteiger partial charge in [-0.3, -0.25) is 9.10 Å². The van der Waals surface area contributed by atoms with Crippen LogP contribution in [0, 0.1) is 19.8 Å². The highest BCUT2D eigenvalue weighted by Gasteiger charge is 2.29. The second-order valence-electron chi connectivity index (χ2n) is 9.90. The molecule has 9 heteroatoms. The number of hydrogen-bond donors (Lipinski definition) is 1. The van der Waals surface area contributed by atoms with Crippen LogP contribution in [0.2, 0.25) is 0 Å². The van der Waals surface area contributed by atoms with Crippen molar-refractivity contribution in [3.05, 3.63) is 77.4 Å². The molecule has 0 heterocycles. The number of aryl methyl sites for hydroxylation is 2. The van der Waals surface area contributed by atoms with Gasteiger partial charge >= 0.3 is 0 Å². The SMILES string of the molecule is COc1ccc([C@H](CC(C)C)NC(=O)CN(c2cc(C)cc(C)c2)S(=O)(=O)c2ccc(OC)c(OC)c2)cc1. The Bertz CT molecular complexity index is 1370. The van der Waals surface area contributed by atoms with Crippen LogP contribution in [0.5, 0.6) is 17.2 Å². The van der Waals surface area contributed by atoms with E-state index in [0.717, 1.165) is 26.7 Å². The van der Waals surface area contributed by atoms with Gasteiger partial charge in [-0.1, -0.05) is 32.0 Å². The molecule has 0 unspecified atom stereocenters. The van der Waals surface area contributed by atoms with Crippen LogP contribution in [0.25, 0.3) is 0 Å². The van der Waals surface area contributed by atoms with Crippen molar-refractivity contribution in [2.24, 2.45) is 5.92 Å². The third-order valence-corrected chi connectivity index (χ3v) is 8.05. The summed E-state index contributed by atoms with van der Waals surface area (Å²) in [4.78, 5) is 13.5. The first kappa shape index (κ1) is 29.8. The van der Waals surface area contributed by atoms with E-state index in [4.69, 9.17) is 14.2 Å². The summed E-state index contributed by atoms with van der Waals surface area (Å²) in [6, 6.07) is 17.1. The fourth-order valence-corrected chi connectivity index (χ4v) is 5.89. The summed E-state index contributed by atoms with van der Waals surface area (Å²) in [6.07, 6.45) is 0.685. The van der Waals surface area contributed by atoms with Gasteiger partial charge in [-0.05, 0) is 79.3 Å². The van der Waals surface area contributed by atoms with Gasteiger partial charge in [0.2, 0.25) is 5.91 Å². The van der Waals surface area contributed by atoms with Gasteiger partial charge in [-0.2, -0.15) is 0 Å². The standard InChI is InChI=1S/C30H38N2O6S/c1-20(2)14-27(23-8-10-25(36-5)11-9-23)31-30(33)19-32(24-16-21(3)15-22(4)17-24)39(34,35)26-12-13-28(37-6)29(18-26)38-7/h8-13,15-18,20,27H,14,19H2,1-7H3,(H,31,33)/t27-/m0/s1. The quantitative estimate of drug-likeness (QED) is 0.321. The average molecular weight is 555 g/mol. The molecule has 8 nitrogen and oxygen atoms in total. The smallest absolute Gasteiger partial charge is 0.264 e. The molecule has 0 radical (unpaired) electrons. The Morgan fingerprint density at radius 3 is 2.00 bits per heavy atom.